The molecule has 6 nitrogen and oxygen atoms in total. The first-order valence-electron chi connectivity index (χ1n) is 10.9. The number of carbonyl (C=O) groups is 1. The van der Waals surface area contributed by atoms with Gasteiger partial charge in [0.05, 0.1) is 24.6 Å². The standard InChI is InChI=1S/C24H32N2O4S/c1-4-23(20-14-13-18-9-6-7-10-19(18)15-20)25-24(27)17-26(31(3,28)29)21-11-8-12-22(16-21)30-5-2/h8,11-16,23H,4-7,9-10,17H2,1-3H3,(H,25,27)/t23-/m1/s1. The van der Waals surface area contributed by atoms with Gasteiger partial charge in [-0.25, -0.2) is 8.42 Å². The maximum absolute atomic E-state index is 12.9. The molecule has 7 heteroatoms. The van der Waals surface area contributed by atoms with E-state index in [0.717, 1.165) is 35.4 Å². The average molecular weight is 445 g/mol. The predicted molar refractivity (Wildman–Crippen MR) is 124 cm³/mol. The van der Waals surface area contributed by atoms with E-state index in [-0.39, 0.29) is 18.5 Å². The van der Waals surface area contributed by atoms with E-state index < -0.39 is 10.0 Å². The van der Waals surface area contributed by atoms with Crippen LogP contribution in [0.2, 0.25) is 0 Å². The minimum absolute atomic E-state index is 0.157. The lowest BCUT2D eigenvalue weighted by molar-refractivity contribution is -0.120. The van der Waals surface area contributed by atoms with Crippen molar-refractivity contribution in [2.24, 2.45) is 0 Å². The molecule has 31 heavy (non-hydrogen) atoms. The molecular weight excluding hydrogens is 412 g/mol. The number of aryl methyl sites for hydroxylation is 2. The molecule has 0 fully saturated rings. The molecule has 0 aliphatic heterocycles. The third-order valence-corrected chi connectivity index (χ3v) is 6.76. The Labute approximate surface area is 185 Å². The number of rotatable bonds is 9. The van der Waals surface area contributed by atoms with Crippen LogP contribution in [-0.4, -0.2) is 33.7 Å². The van der Waals surface area contributed by atoms with Gasteiger partial charge in [-0.15, -0.1) is 0 Å². The highest BCUT2D eigenvalue weighted by atomic mass is 32.2. The molecule has 1 aliphatic carbocycles. The molecule has 168 valence electrons. The third kappa shape index (κ3) is 6.00. The second-order valence-corrected chi connectivity index (χ2v) is 9.87. The van der Waals surface area contributed by atoms with Gasteiger partial charge in [-0.1, -0.05) is 31.2 Å². The van der Waals surface area contributed by atoms with Crippen molar-refractivity contribution < 1.29 is 17.9 Å². The van der Waals surface area contributed by atoms with Crippen molar-refractivity contribution >= 4 is 21.6 Å². The fourth-order valence-electron chi connectivity index (χ4n) is 4.06. The van der Waals surface area contributed by atoms with Crippen molar-refractivity contribution in [3.8, 4) is 5.75 Å². The molecule has 1 amide bonds. The van der Waals surface area contributed by atoms with Gasteiger partial charge in [0.15, 0.2) is 0 Å². The summed E-state index contributed by atoms with van der Waals surface area (Å²) in [6.07, 6.45) is 6.45. The Balaban J connectivity index is 1.76. The Kier molecular flexibility index (Phi) is 7.59. The highest BCUT2D eigenvalue weighted by molar-refractivity contribution is 7.92. The Bertz CT molecular complexity index is 1020. The second kappa shape index (κ2) is 10.2. The molecule has 0 bridgehead atoms. The zero-order chi connectivity index (χ0) is 22.4. The van der Waals surface area contributed by atoms with E-state index in [2.05, 4.69) is 23.5 Å². The zero-order valence-corrected chi connectivity index (χ0v) is 19.4. The van der Waals surface area contributed by atoms with Gasteiger partial charge in [-0.05, 0) is 67.9 Å². The highest BCUT2D eigenvalue weighted by Gasteiger charge is 2.23. The van der Waals surface area contributed by atoms with Crippen LogP contribution in [0, 0.1) is 0 Å². The summed E-state index contributed by atoms with van der Waals surface area (Å²) in [5, 5.41) is 3.03. The largest absolute Gasteiger partial charge is 0.494 e. The van der Waals surface area contributed by atoms with Gasteiger partial charge in [-0.3, -0.25) is 9.10 Å². The van der Waals surface area contributed by atoms with E-state index in [0.29, 0.717) is 18.0 Å². The summed E-state index contributed by atoms with van der Waals surface area (Å²) in [6.45, 7) is 4.07. The first-order valence-corrected chi connectivity index (χ1v) is 12.8. The SMILES string of the molecule is CCOc1cccc(N(CC(=O)N[C@H](CC)c2ccc3c(c2)CCCC3)S(C)(=O)=O)c1. The molecule has 3 rings (SSSR count). The number of benzene rings is 2. The first-order chi connectivity index (χ1) is 14.8. The number of nitrogens with zero attached hydrogens (tertiary/aromatic N) is 1. The zero-order valence-electron chi connectivity index (χ0n) is 18.6. The van der Waals surface area contributed by atoms with Crippen molar-refractivity contribution in [2.45, 2.75) is 52.0 Å². The van der Waals surface area contributed by atoms with Gasteiger partial charge < -0.3 is 10.1 Å². The van der Waals surface area contributed by atoms with Crippen LogP contribution in [0.4, 0.5) is 5.69 Å². The van der Waals surface area contributed by atoms with Crippen LogP contribution in [0.15, 0.2) is 42.5 Å². The molecule has 2 aromatic rings. The van der Waals surface area contributed by atoms with Crippen LogP contribution >= 0.6 is 0 Å². The minimum Gasteiger partial charge on any atom is -0.494 e. The van der Waals surface area contributed by atoms with E-state index >= 15 is 0 Å². The third-order valence-electron chi connectivity index (χ3n) is 5.62. The van der Waals surface area contributed by atoms with Crippen molar-refractivity contribution in [1.82, 2.24) is 5.32 Å². The van der Waals surface area contributed by atoms with Crippen molar-refractivity contribution in [3.05, 3.63) is 59.2 Å². The van der Waals surface area contributed by atoms with E-state index in [9.17, 15) is 13.2 Å². The summed E-state index contributed by atoms with van der Waals surface area (Å²) in [7, 11) is -3.65. The Morgan fingerprint density at radius 2 is 1.84 bits per heavy atom. The molecule has 0 saturated heterocycles. The van der Waals surface area contributed by atoms with Gasteiger partial charge in [0.25, 0.3) is 0 Å². The normalized spacial score (nSPS) is 14.4. The fourth-order valence-corrected chi connectivity index (χ4v) is 4.91. The van der Waals surface area contributed by atoms with E-state index in [4.69, 9.17) is 4.74 Å². The molecule has 0 radical (unpaired) electrons. The lowest BCUT2D eigenvalue weighted by Crippen LogP contribution is -2.41. The quantitative estimate of drug-likeness (QED) is 0.634. The van der Waals surface area contributed by atoms with Crippen molar-refractivity contribution in [1.29, 1.82) is 0 Å². The number of amides is 1. The van der Waals surface area contributed by atoms with Crippen LogP contribution in [0.1, 0.15) is 55.8 Å². The molecule has 0 unspecified atom stereocenters. The monoisotopic (exact) mass is 444 g/mol. The van der Waals surface area contributed by atoms with E-state index in [1.54, 1.807) is 24.3 Å². The summed E-state index contributed by atoms with van der Waals surface area (Å²) in [5.74, 6) is 0.228. The van der Waals surface area contributed by atoms with Crippen LogP contribution in [0.25, 0.3) is 0 Å². The predicted octanol–water partition coefficient (Wildman–Crippen LogP) is 4.00. The molecule has 1 aliphatic rings. The van der Waals surface area contributed by atoms with Crippen LogP contribution in [-0.2, 0) is 27.7 Å². The Morgan fingerprint density at radius 1 is 1.10 bits per heavy atom. The van der Waals surface area contributed by atoms with Gasteiger partial charge in [0.1, 0.15) is 12.3 Å². The molecule has 0 aromatic heterocycles. The molecule has 1 N–H and O–H groups in total. The maximum Gasteiger partial charge on any atom is 0.241 e. The molecule has 0 heterocycles. The van der Waals surface area contributed by atoms with Crippen molar-refractivity contribution in [3.63, 3.8) is 0 Å². The van der Waals surface area contributed by atoms with Gasteiger partial charge in [0.2, 0.25) is 15.9 Å². The topological polar surface area (TPSA) is 75.7 Å². The molecular formula is C24H32N2O4S. The number of carbonyl (C=O) groups excluding carboxylic acids is 1. The van der Waals surface area contributed by atoms with Gasteiger partial charge in [-0.2, -0.15) is 0 Å². The molecule has 0 saturated carbocycles. The average Bonchev–Trinajstić information content (AvgIpc) is 2.75. The highest BCUT2D eigenvalue weighted by Crippen LogP contribution is 2.27. The lowest BCUT2D eigenvalue weighted by atomic mass is 9.89. The fraction of sp³-hybridized carbons (Fsp3) is 0.458. The van der Waals surface area contributed by atoms with Gasteiger partial charge in [0, 0.05) is 6.07 Å². The van der Waals surface area contributed by atoms with Crippen molar-refractivity contribution in [2.75, 3.05) is 23.7 Å². The lowest BCUT2D eigenvalue weighted by Gasteiger charge is -2.25. The maximum atomic E-state index is 12.9. The van der Waals surface area contributed by atoms with E-state index in [1.165, 1.54) is 24.0 Å². The van der Waals surface area contributed by atoms with E-state index in [1.807, 2.05) is 13.8 Å². The number of anilines is 1. The first kappa shape index (κ1) is 23.1. The second-order valence-electron chi connectivity index (χ2n) is 7.96. The number of hydrogen-bond donors (Lipinski definition) is 1. The van der Waals surface area contributed by atoms with Crippen LogP contribution in [0.3, 0.4) is 0 Å². The van der Waals surface area contributed by atoms with Gasteiger partial charge >= 0.3 is 0 Å². The summed E-state index contributed by atoms with van der Waals surface area (Å²) in [5.41, 5.74) is 4.24. The number of nitrogens with one attached hydrogen (secondary N) is 1. The smallest absolute Gasteiger partial charge is 0.241 e. The summed E-state index contributed by atoms with van der Waals surface area (Å²) >= 11 is 0. The van der Waals surface area contributed by atoms with Crippen LogP contribution in [0.5, 0.6) is 5.75 Å². The number of hydrogen-bond acceptors (Lipinski definition) is 4. The Hall–Kier alpha value is -2.54. The van der Waals surface area contributed by atoms with Crippen LogP contribution < -0.4 is 14.4 Å². The molecule has 2 aromatic carbocycles. The molecule has 0 spiro atoms. The minimum atomic E-state index is -3.65. The summed E-state index contributed by atoms with van der Waals surface area (Å²) in [4.78, 5) is 12.9. The summed E-state index contributed by atoms with van der Waals surface area (Å²) < 4.78 is 31.4. The molecule has 1 atom stereocenters. The number of fused-ring (bicyclic) bond motifs is 1. The Morgan fingerprint density at radius 3 is 2.52 bits per heavy atom. The number of ether oxygens (including phenoxy) is 1. The summed E-state index contributed by atoms with van der Waals surface area (Å²) in [6, 6.07) is 13.1. The number of sulfonamides is 1.